The van der Waals surface area contributed by atoms with Crippen LogP contribution >= 0.6 is 0 Å². The van der Waals surface area contributed by atoms with Crippen molar-refractivity contribution in [1.82, 2.24) is 14.8 Å². The molecule has 1 atom stereocenters. The van der Waals surface area contributed by atoms with Crippen LogP contribution in [0.4, 0.5) is 4.39 Å². The molecule has 1 aromatic carbocycles. The second-order valence-corrected chi connectivity index (χ2v) is 4.80. The lowest BCUT2D eigenvalue weighted by Crippen LogP contribution is -2.23. The molecule has 0 aliphatic carbocycles. The molecule has 1 aliphatic heterocycles. The first kappa shape index (κ1) is 12.1. The van der Waals surface area contributed by atoms with Gasteiger partial charge in [0.25, 0.3) is 0 Å². The van der Waals surface area contributed by atoms with E-state index in [1.807, 2.05) is 4.57 Å². The van der Waals surface area contributed by atoms with Crippen LogP contribution in [0.2, 0.25) is 0 Å². The fourth-order valence-electron chi connectivity index (χ4n) is 2.43. The summed E-state index contributed by atoms with van der Waals surface area (Å²) in [6.07, 6.45) is 1.60. The summed E-state index contributed by atoms with van der Waals surface area (Å²) in [7, 11) is 0. The van der Waals surface area contributed by atoms with Crippen LogP contribution < -0.4 is 0 Å². The Labute approximate surface area is 109 Å². The molecule has 0 radical (unpaired) electrons. The van der Waals surface area contributed by atoms with Crippen molar-refractivity contribution in [2.75, 3.05) is 6.61 Å². The van der Waals surface area contributed by atoms with Crippen molar-refractivity contribution in [3.63, 3.8) is 0 Å². The molecule has 100 valence electrons. The van der Waals surface area contributed by atoms with Gasteiger partial charge in [-0.1, -0.05) is 0 Å². The third kappa shape index (κ3) is 2.08. The minimum Gasteiger partial charge on any atom is -0.507 e. The Balaban J connectivity index is 2.07. The van der Waals surface area contributed by atoms with Crippen LogP contribution in [0.25, 0.3) is 11.4 Å². The maximum Gasteiger partial charge on any atom is 0.167 e. The molecule has 0 saturated carbocycles. The number of aliphatic hydroxyl groups excluding tert-OH is 1. The highest BCUT2D eigenvalue weighted by atomic mass is 19.1. The van der Waals surface area contributed by atoms with Crippen LogP contribution in [0.5, 0.6) is 5.75 Å². The zero-order chi connectivity index (χ0) is 13.4. The van der Waals surface area contributed by atoms with Gasteiger partial charge in [-0.3, -0.25) is 0 Å². The highest BCUT2D eigenvalue weighted by molar-refractivity contribution is 5.64. The van der Waals surface area contributed by atoms with Gasteiger partial charge < -0.3 is 14.8 Å². The number of phenolic OH excluding ortho intramolecular Hbond substituents is 1. The Kier molecular flexibility index (Phi) is 2.94. The van der Waals surface area contributed by atoms with Crippen LogP contribution in [-0.4, -0.2) is 31.6 Å². The predicted molar refractivity (Wildman–Crippen MR) is 66.0 cm³/mol. The van der Waals surface area contributed by atoms with Crippen LogP contribution in [0.1, 0.15) is 12.2 Å². The predicted octanol–water partition coefficient (Wildman–Crippen LogP) is 1.34. The van der Waals surface area contributed by atoms with Gasteiger partial charge in [0, 0.05) is 25.5 Å². The Morgan fingerprint density at radius 2 is 2.21 bits per heavy atom. The van der Waals surface area contributed by atoms with E-state index in [2.05, 4.69) is 10.2 Å². The molecule has 0 saturated heterocycles. The summed E-state index contributed by atoms with van der Waals surface area (Å²) in [5.41, 5.74) is 0.331. The Hall–Kier alpha value is -1.95. The molecule has 3 rings (SSSR count). The topological polar surface area (TPSA) is 71.2 Å². The number of halogens is 1. The van der Waals surface area contributed by atoms with Crippen LogP contribution in [0.15, 0.2) is 18.2 Å². The zero-order valence-electron chi connectivity index (χ0n) is 10.3. The number of aliphatic hydroxyl groups is 1. The molecule has 0 spiro atoms. The molecular weight excluding hydrogens is 249 g/mol. The number of nitrogens with zero attached hydrogens (tertiary/aromatic N) is 3. The maximum absolute atomic E-state index is 13.3. The summed E-state index contributed by atoms with van der Waals surface area (Å²) in [5.74, 6) is 0.953. The number of aromatic nitrogens is 3. The van der Waals surface area contributed by atoms with E-state index in [9.17, 15) is 14.6 Å². The largest absolute Gasteiger partial charge is 0.507 e. The number of hydrogen-bond acceptors (Lipinski definition) is 4. The van der Waals surface area contributed by atoms with Gasteiger partial charge in [-0.2, -0.15) is 0 Å². The summed E-state index contributed by atoms with van der Waals surface area (Å²) in [6.45, 7) is 0.691. The molecule has 2 heterocycles. The van der Waals surface area contributed by atoms with E-state index < -0.39 is 5.82 Å². The fraction of sp³-hybridized carbons (Fsp3) is 0.385. The summed E-state index contributed by atoms with van der Waals surface area (Å²) in [6, 6.07) is 3.75. The first-order valence-corrected chi connectivity index (χ1v) is 6.21. The molecule has 2 N–H and O–H groups in total. The number of phenols is 1. The van der Waals surface area contributed by atoms with E-state index in [0.717, 1.165) is 18.7 Å². The monoisotopic (exact) mass is 263 g/mol. The number of fused-ring (bicyclic) bond motifs is 1. The minimum atomic E-state index is -0.431. The van der Waals surface area contributed by atoms with E-state index in [1.54, 1.807) is 0 Å². The van der Waals surface area contributed by atoms with Gasteiger partial charge in [0.1, 0.15) is 17.4 Å². The van der Waals surface area contributed by atoms with E-state index in [-0.39, 0.29) is 18.3 Å². The summed E-state index contributed by atoms with van der Waals surface area (Å²) in [5, 5.41) is 27.2. The standard InChI is InChI=1S/C13H14FN3O2/c14-9-2-3-11(19)10(5-9)13-16-15-12-4-1-8(7-18)6-17(12)13/h2-3,5,8,18-19H,1,4,6-7H2. The van der Waals surface area contributed by atoms with Crippen LogP contribution in [0.3, 0.4) is 0 Å². The van der Waals surface area contributed by atoms with Gasteiger partial charge in [-0.15, -0.1) is 10.2 Å². The second kappa shape index (κ2) is 4.62. The van der Waals surface area contributed by atoms with Gasteiger partial charge in [0.2, 0.25) is 0 Å². The van der Waals surface area contributed by atoms with Gasteiger partial charge in [-0.05, 0) is 24.6 Å². The number of aromatic hydroxyl groups is 1. The lowest BCUT2D eigenvalue weighted by atomic mass is 10.00. The van der Waals surface area contributed by atoms with E-state index in [0.29, 0.717) is 17.9 Å². The van der Waals surface area contributed by atoms with E-state index in [4.69, 9.17) is 0 Å². The lowest BCUT2D eigenvalue weighted by molar-refractivity contribution is 0.191. The third-order valence-electron chi connectivity index (χ3n) is 3.50. The molecule has 0 bridgehead atoms. The molecule has 1 aliphatic rings. The lowest BCUT2D eigenvalue weighted by Gasteiger charge is -2.22. The van der Waals surface area contributed by atoms with Gasteiger partial charge in [0.15, 0.2) is 5.82 Å². The number of rotatable bonds is 2. The van der Waals surface area contributed by atoms with Gasteiger partial charge in [0.05, 0.1) is 5.56 Å². The summed E-state index contributed by atoms with van der Waals surface area (Å²) in [4.78, 5) is 0. The SMILES string of the molecule is OCC1CCc2nnc(-c3cc(F)ccc3O)n2C1. The second-order valence-electron chi connectivity index (χ2n) is 4.80. The van der Waals surface area contributed by atoms with Crippen LogP contribution in [0, 0.1) is 11.7 Å². The minimum absolute atomic E-state index is 0.0253. The first-order chi connectivity index (χ1) is 9.19. The average Bonchev–Trinajstić information content (AvgIpc) is 2.84. The van der Waals surface area contributed by atoms with Crippen molar-refractivity contribution in [2.45, 2.75) is 19.4 Å². The highest BCUT2D eigenvalue weighted by Crippen LogP contribution is 2.31. The molecular formula is C13H14FN3O2. The Morgan fingerprint density at radius 1 is 1.37 bits per heavy atom. The molecule has 2 aromatic rings. The van der Waals surface area contributed by atoms with Gasteiger partial charge >= 0.3 is 0 Å². The molecule has 0 fully saturated rings. The highest BCUT2D eigenvalue weighted by Gasteiger charge is 2.24. The average molecular weight is 263 g/mol. The molecule has 1 unspecified atom stereocenters. The van der Waals surface area contributed by atoms with Crippen molar-refractivity contribution in [1.29, 1.82) is 0 Å². The van der Waals surface area contributed by atoms with E-state index in [1.165, 1.54) is 18.2 Å². The molecule has 5 nitrogen and oxygen atoms in total. The van der Waals surface area contributed by atoms with Crippen molar-refractivity contribution in [2.24, 2.45) is 5.92 Å². The summed E-state index contributed by atoms with van der Waals surface area (Å²) < 4.78 is 15.2. The maximum atomic E-state index is 13.3. The normalized spacial score (nSPS) is 18.3. The number of hydrogen-bond donors (Lipinski definition) is 2. The third-order valence-corrected chi connectivity index (χ3v) is 3.50. The molecule has 19 heavy (non-hydrogen) atoms. The Morgan fingerprint density at radius 3 is 3.00 bits per heavy atom. The Bertz CT molecular complexity index is 612. The number of benzene rings is 1. The smallest absolute Gasteiger partial charge is 0.167 e. The van der Waals surface area contributed by atoms with Crippen molar-refractivity contribution in [3.8, 4) is 17.1 Å². The number of aryl methyl sites for hydroxylation is 1. The van der Waals surface area contributed by atoms with Crippen molar-refractivity contribution in [3.05, 3.63) is 29.8 Å². The van der Waals surface area contributed by atoms with E-state index >= 15 is 0 Å². The van der Waals surface area contributed by atoms with Crippen molar-refractivity contribution < 1.29 is 14.6 Å². The fourth-order valence-corrected chi connectivity index (χ4v) is 2.43. The molecule has 0 amide bonds. The first-order valence-electron chi connectivity index (χ1n) is 6.21. The molecule has 1 aromatic heterocycles. The summed E-state index contributed by atoms with van der Waals surface area (Å²) >= 11 is 0. The molecule has 6 heteroatoms. The zero-order valence-corrected chi connectivity index (χ0v) is 10.3. The quantitative estimate of drug-likeness (QED) is 0.857. The van der Waals surface area contributed by atoms with Gasteiger partial charge in [-0.25, -0.2) is 4.39 Å². The van der Waals surface area contributed by atoms with Crippen molar-refractivity contribution >= 4 is 0 Å². The van der Waals surface area contributed by atoms with Crippen LogP contribution in [-0.2, 0) is 13.0 Å².